The monoisotopic (exact) mass is 547 g/mol. The molecule has 4 atom stereocenters. The Balaban J connectivity index is 1.88. The van der Waals surface area contributed by atoms with Gasteiger partial charge >= 0.3 is 0 Å². The molecular weight excluding hydrogens is 502 g/mol. The highest BCUT2D eigenvalue weighted by Gasteiger charge is 2.47. The van der Waals surface area contributed by atoms with E-state index in [1.807, 2.05) is 79.4 Å². The minimum Gasteiger partial charge on any atom is -0.395 e. The Bertz CT molecular complexity index is 1130. The summed E-state index contributed by atoms with van der Waals surface area (Å²) in [7, 11) is 0. The molecule has 40 heavy (non-hydrogen) atoms. The number of benzene rings is 2. The number of hydrogen-bond donors (Lipinski definition) is 4. The van der Waals surface area contributed by atoms with E-state index in [1.54, 1.807) is 18.2 Å². The Labute approximate surface area is 238 Å². The van der Waals surface area contributed by atoms with Crippen molar-refractivity contribution in [3.05, 3.63) is 95.6 Å². The van der Waals surface area contributed by atoms with Crippen LogP contribution in [0.2, 0.25) is 0 Å². The van der Waals surface area contributed by atoms with E-state index in [0.717, 1.165) is 24.0 Å². The second-order valence-corrected chi connectivity index (χ2v) is 10.8. The van der Waals surface area contributed by atoms with Crippen molar-refractivity contribution in [3.63, 3.8) is 0 Å². The van der Waals surface area contributed by atoms with Crippen molar-refractivity contribution >= 4 is 11.8 Å². The van der Waals surface area contributed by atoms with E-state index < -0.39 is 23.3 Å². The molecule has 7 nitrogen and oxygen atoms in total. The summed E-state index contributed by atoms with van der Waals surface area (Å²) in [5.41, 5.74) is 7.43. The Hall–Kier alpha value is -3.26. The zero-order chi connectivity index (χ0) is 29.0. The summed E-state index contributed by atoms with van der Waals surface area (Å²) in [5.74, 6) is -1.26. The molecule has 0 aliphatic heterocycles. The van der Waals surface area contributed by atoms with E-state index in [-0.39, 0.29) is 31.5 Å². The van der Waals surface area contributed by atoms with E-state index in [0.29, 0.717) is 31.5 Å². The fourth-order valence-corrected chi connectivity index (χ4v) is 5.64. The van der Waals surface area contributed by atoms with Gasteiger partial charge in [0.05, 0.1) is 18.1 Å². The second kappa shape index (κ2) is 15.5. The summed E-state index contributed by atoms with van der Waals surface area (Å²) >= 11 is 0. The number of carbonyl (C=O) groups is 2. The highest BCUT2D eigenvalue weighted by molar-refractivity contribution is 5.96. The third-order valence-corrected chi connectivity index (χ3v) is 7.77. The van der Waals surface area contributed by atoms with Gasteiger partial charge in [-0.1, -0.05) is 92.7 Å². The Kier molecular flexibility index (Phi) is 12.1. The van der Waals surface area contributed by atoms with Crippen molar-refractivity contribution in [2.24, 2.45) is 17.1 Å². The van der Waals surface area contributed by atoms with E-state index in [9.17, 15) is 19.8 Å². The molecule has 0 saturated heterocycles. The molecule has 1 unspecified atom stereocenters. The first-order valence-electron chi connectivity index (χ1n) is 14.4. The maximum Gasteiger partial charge on any atom is 0.249 e. The number of amides is 2. The molecule has 2 aromatic rings. The summed E-state index contributed by atoms with van der Waals surface area (Å²) in [6.07, 6.45) is 7.10. The molecule has 0 bridgehead atoms. The lowest BCUT2D eigenvalue weighted by molar-refractivity contribution is -0.132. The van der Waals surface area contributed by atoms with Crippen molar-refractivity contribution < 1.29 is 19.8 Å². The van der Waals surface area contributed by atoms with Crippen LogP contribution in [-0.4, -0.2) is 65.3 Å². The van der Waals surface area contributed by atoms with Gasteiger partial charge in [-0.05, 0) is 43.2 Å². The third-order valence-electron chi connectivity index (χ3n) is 7.77. The highest BCUT2D eigenvalue weighted by Crippen LogP contribution is 2.43. The van der Waals surface area contributed by atoms with Crippen LogP contribution < -0.4 is 11.1 Å². The molecule has 0 fully saturated rings. The molecule has 0 radical (unpaired) electrons. The van der Waals surface area contributed by atoms with Gasteiger partial charge in [0, 0.05) is 37.2 Å². The number of aliphatic hydroxyl groups excluding tert-OH is 2. The molecule has 0 spiro atoms. The largest absolute Gasteiger partial charge is 0.395 e. The molecule has 0 aromatic heterocycles. The van der Waals surface area contributed by atoms with Gasteiger partial charge in [0.15, 0.2) is 0 Å². The maximum atomic E-state index is 13.5. The van der Waals surface area contributed by atoms with Gasteiger partial charge in [-0.15, -0.1) is 0 Å². The lowest BCUT2D eigenvalue weighted by atomic mass is 9.64. The number of rotatable bonds is 16. The van der Waals surface area contributed by atoms with Gasteiger partial charge in [0.25, 0.3) is 0 Å². The number of carbonyl (C=O) groups excluding carboxylic acids is 2. The zero-order valence-corrected chi connectivity index (χ0v) is 23.8. The number of aliphatic hydroxyl groups is 2. The molecule has 5 N–H and O–H groups in total. The van der Waals surface area contributed by atoms with E-state index in [2.05, 4.69) is 5.32 Å². The van der Waals surface area contributed by atoms with Crippen LogP contribution in [-0.2, 0) is 22.4 Å². The van der Waals surface area contributed by atoms with Gasteiger partial charge in [-0.2, -0.15) is 0 Å². The predicted octanol–water partition coefficient (Wildman–Crippen LogP) is 3.41. The first-order chi connectivity index (χ1) is 19.3. The molecule has 1 aliphatic rings. The smallest absolute Gasteiger partial charge is 0.249 e. The highest BCUT2D eigenvalue weighted by atomic mass is 16.3. The summed E-state index contributed by atoms with van der Waals surface area (Å²) in [4.78, 5) is 28.7. The van der Waals surface area contributed by atoms with Gasteiger partial charge in [0.2, 0.25) is 11.8 Å². The molecule has 1 aliphatic carbocycles. The summed E-state index contributed by atoms with van der Waals surface area (Å²) in [6.45, 7) is 5.41. The average molecular weight is 548 g/mol. The number of hydrogen-bond acceptors (Lipinski definition) is 5. The molecular formula is C33H45N3O4. The molecule has 0 saturated carbocycles. The lowest BCUT2D eigenvalue weighted by Crippen LogP contribution is -2.52. The topological polar surface area (TPSA) is 116 Å². The van der Waals surface area contributed by atoms with Crippen molar-refractivity contribution in [2.75, 3.05) is 26.2 Å². The number of nitrogens with two attached hydrogens (primary N) is 1. The van der Waals surface area contributed by atoms with Gasteiger partial charge in [-0.25, -0.2) is 0 Å². The second-order valence-electron chi connectivity index (χ2n) is 10.8. The van der Waals surface area contributed by atoms with Crippen LogP contribution >= 0.6 is 0 Å². The van der Waals surface area contributed by atoms with E-state index in [1.165, 1.54) is 0 Å². The van der Waals surface area contributed by atoms with E-state index >= 15 is 0 Å². The number of allylic oxidation sites excluding steroid dienone is 2. The van der Waals surface area contributed by atoms with Gasteiger partial charge in [-0.3, -0.25) is 9.59 Å². The van der Waals surface area contributed by atoms with Crippen LogP contribution in [0.4, 0.5) is 0 Å². The first kappa shape index (κ1) is 31.3. The number of primary amides is 1. The molecule has 2 amide bonds. The van der Waals surface area contributed by atoms with Crippen molar-refractivity contribution in [3.8, 4) is 0 Å². The quantitative estimate of drug-likeness (QED) is 0.257. The fourth-order valence-electron chi connectivity index (χ4n) is 5.64. The molecule has 2 aromatic carbocycles. The Morgan fingerprint density at radius 3 is 2.08 bits per heavy atom. The minimum atomic E-state index is -1.26. The minimum absolute atomic E-state index is 0.0899. The molecule has 3 rings (SSSR count). The van der Waals surface area contributed by atoms with Crippen LogP contribution in [0.5, 0.6) is 0 Å². The van der Waals surface area contributed by atoms with Crippen LogP contribution in [0.25, 0.3) is 0 Å². The van der Waals surface area contributed by atoms with Gasteiger partial charge in [0.1, 0.15) is 0 Å². The standard InChI is InChI=1S/C33H45N3O4/c1-3-18-36(19-4-2)31(39)27-16-11-17-33(22-27,32(34)40)29(21-26-14-9-6-10-15-26)30(38)23-35-28(24-37)20-25-12-7-5-8-13-25/h5-17,28-30,35,37-38H,3-4,18-24H2,1-2H3,(H2,34,40)/t28-,29-,30+,33?/m1/s1. The summed E-state index contributed by atoms with van der Waals surface area (Å²) in [6, 6.07) is 19.3. The van der Waals surface area contributed by atoms with Crippen LogP contribution in [0, 0.1) is 11.3 Å². The maximum absolute atomic E-state index is 13.5. The number of nitrogens with one attached hydrogen (secondary N) is 1. The molecule has 7 heteroatoms. The lowest BCUT2D eigenvalue weighted by Gasteiger charge is -2.41. The van der Waals surface area contributed by atoms with Crippen molar-refractivity contribution in [1.82, 2.24) is 10.2 Å². The van der Waals surface area contributed by atoms with Crippen LogP contribution in [0.15, 0.2) is 84.5 Å². The Morgan fingerprint density at radius 2 is 1.55 bits per heavy atom. The van der Waals surface area contributed by atoms with Crippen molar-refractivity contribution in [1.29, 1.82) is 0 Å². The van der Waals surface area contributed by atoms with Crippen LogP contribution in [0.1, 0.15) is 44.2 Å². The first-order valence-corrected chi connectivity index (χ1v) is 14.4. The summed E-state index contributed by atoms with van der Waals surface area (Å²) in [5, 5.41) is 25.0. The summed E-state index contributed by atoms with van der Waals surface area (Å²) < 4.78 is 0. The third kappa shape index (κ3) is 8.13. The average Bonchev–Trinajstić information content (AvgIpc) is 2.98. The SMILES string of the molecule is CCCN(CCC)C(=O)C1=CC=CC(C(N)=O)([C@H](Cc2ccccc2)[C@@H](O)CN[C@@H](CO)Cc2ccccc2)C1. The molecule has 0 heterocycles. The predicted molar refractivity (Wildman–Crippen MR) is 159 cm³/mol. The Morgan fingerprint density at radius 1 is 0.975 bits per heavy atom. The van der Waals surface area contributed by atoms with Crippen molar-refractivity contribution in [2.45, 2.75) is 58.1 Å². The normalized spacial score (nSPS) is 18.9. The van der Waals surface area contributed by atoms with Gasteiger partial charge < -0.3 is 26.2 Å². The van der Waals surface area contributed by atoms with Crippen LogP contribution in [0.3, 0.4) is 0 Å². The zero-order valence-electron chi connectivity index (χ0n) is 23.8. The van der Waals surface area contributed by atoms with E-state index in [4.69, 9.17) is 5.73 Å². The number of nitrogens with zero attached hydrogens (tertiary/aromatic N) is 1. The molecule has 216 valence electrons. The fraction of sp³-hybridized carbons (Fsp3) is 0.455.